The lowest BCUT2D eigenvalue weighted by Crippen LogP contribution is -2.47. The minimum Gasteiger partial charge on any atom is -0.491 e. The summed E-state index contributed by atoms with van der Waals surface area (Å²) in [5.41, 5.74) is 1.13. The van der Waals surface area contributed by atoms with E-state index in [0.29, 0.717) is 19.8 Å². The van der Waals surface area contributed by atoms with Crippen molar-refractivity contribution in [3.8, 4) is 5.75 Å². The minimum atomic E-state index is -0.0725. The summed E-state index contributed by atoms with van der Waals surface area (Å²) in [5, 5.41) is 3.33. The summed E-state index contributed by atoms with van der Waals surface area (Å²) in [6.45, 7) is 7.20. The molecular formula is C19H30IN3O3. The van der Waals surface area contributed by atoms with Crippen molar-refractivity contribution in [3.63, 3.8) is 0 Å². The second-order valence-electron chi connectivity index (χ2n) is 6.10. The van der Waals surface area contributed by atoms with Gasteiger partial charge in [0.1, 0.15) is 12.4 Å². The summed E-state index contributed by atoms with van der Waals surface area (Å²) >= 11 is 0. The van der Waals surface area contributed by atoms with Crippen molar-refractivity contribution in [2.45, 2.75) is 26.7 Å². The first kappa shape index (κ1) is 22.5. The van der Waals surface area contributed by atoms with Gasteiger partial charge in [0.2, 0.25) is 0 Å². The van der Waals surface area contributed by atoms with Gasteiger partial charge in [0.05, 0.1) is 19.1 Å². The van der Waals surface area contributed by atoms with E-state index in [1.165, 1.54) is 0 Å². The van der Waals surface area contributed by atoms with Gasteiger partial charge in [0.25, 0.3) is 0 Å². The number of guanidine groups is 1. The summed E-state index contributed by atoms with van der Waals surface area (Å²) in [4.78, 5) is 18.3. The van der Waals surface area contributed by atoms with Gasteiger partial charge in [-0.05, 0) is 38.3 Å². The fourth-order valence-electron chi connectivity index (χ4n) is 2.96. The molecule has 0 saturated carbocycles. The first-order valence-corrected chi connectivity index (χ1v) is 8.96. The van der Waals surface area contributed by atoms with E-state index in [-0.39, 0.29) is 35.9 Å². The predicted octanol–water partition coefficient (Wildman–Crippen LogP) is 2.84. The summed E-state index contributed by atoms with van der Waals surface area (Å²) in [6.07, 6.45) is 1.61. The van der Waals surface area contributed by atoms with Crippen LogP contribution in [0, 0.1) is 12.8 Å². The van der Waals surface area contributed by atoms with Gasteiger partial charge in [0.15, 0.2) is 5.96 Å². The van der Waals surface area contributed by atoms with Gasteiger partial charge >= 0.3 is 5.97 Å². The Morgan fingerprint density at radius 2 is 2.00 bits per heavy atom. The summed E-state index contributed by atoms with van der Waals surface area (Å²) in [7, 11) is 1.78. The Morgan fingerprint density at radius 1 is 1.31 bits per heavy atom. The van der Waals surface area contributed by atoms with Crippen LogP contribution >= 0.6 is 24.0 Å². The van der Waals surface area contributed by atoms with Crippen LogP contribution in [0.4, 0.5) is 0 Å². The van der Waals surface area contributed by atoms with Crippen LogP contribution in [0.15, 0.2) is 29.3 Å². The number of carbonyl (C=O) groups is 1. The van der Waals surface area contributed by atoms with Crippen LogP contribution in [0.2, 0.25) is 0 Å². The molecule has 1 N–H and O–H groups in total. The topological polar surface area (TPSA) is 63.2 Å². The van der Waals surface area contributed by atoms with Gasteiger partial charge in [-0.25, -0.2) is 0 Å². The fourth-order valence-corrected chi connectivity index (χ4v) is 2.96. The molecule has 7 heteroatoms. The van der Waals surface area contributed by atoms with E-state index in [2.05, 4.69) is 15.2 Å². The molecule has 0 spiro atoms. The number of carbonyl (C=O) groups excluding carboxylic acids is 1. The average molecular weight is 475 g/mol. The molecule has 1 aromatic carbocycles. The Hall–Kier alpha value is -1.51. The van der Waals surface area contributed by atoms with Gasteiger partial charge in [-0.15, -0.1) is 24.0 Å². The molecule has 0 radical (unpaired) electrons. The third-order valence-corrected chi connectivity index (χ3v) is 4.36. The van der Waals surface area contributed by atoms with Crippen LogP contribution in [-0.4, -0.2) is 56.7 Å². The lowest BCUT2D eigenvalue weighted by atomic mass is 9.97. The van der Waals surface area contributed by atoms with Crippen molar-refractivity contribution < 1.29 is 14.3 Å². The quantitative estimate of drug-likeness (QED) is 0.226. The third-order valence-electron chi connectivity index (χ3n) is 4.36. The number of likely N-dealkylation sites (tertiary alicyclic amines) is 1. The number of para-hydroxylation sites is 1. The molecule has 0 aliphatic carbocycles. The number of hydrogen-bond acceptors (Lipinski definition) is 4. The van der Waals surface area contributed by atoms with Crippen molar-refractivity contribution in [1.82, 2.24) is 10.2 Å². The number of nitrogens with zero attached hydrogens (tertiary/aromatic N) is 2. The highest BCUT2D eigenvalue weighted by atomic mass is 127. The van der Waals surface area contributed by atoms with Gasteiger partial charge in [-0.1, -0.05) is 18.2 Å². The van der Waals surface area contributed by atoms with Crippen LogP contribution in [0.5, 0.6) is 5.75 Å². The minimum absolute atomic E-state index is 0. The van der Waals surface area contributed by atoms with Crippen LogP contribution in [0.3, 0.4) is 0 Å². The second-order valence-corrected chi connectivity index (χ2v) is 6.10. The molecule has 0 amide bonds. The Bertz CT molecular complexity index is 587. The number of aliphatic imine (C=N–C) groups is 1. The van der Waals surface area contributed by atoms with Crippen molar-refractivity contribution in [2.75, 3.05) is 39.9 Å². The van der Waals surface area contributed by atoms with E-state index in [0.717, 1.165) is 43.2 Å². The molecule has 1 heterocycles. The highest BCUT2D eigenvalue weighted by Crippen LogP contribution is 2.19. The molecule has 0 atom stereocenters. The Morgan fingerprint density at radius 3 is 2.62 bits per heavy atom. The zero-order chi connectivity index (χ0) is 18.1. The molecule has 0 unspecified atom stereocenters. The van der Waals surface area contributed by atoms with Crippen LogP contribution in [-0.2, 0) is 9.53 Å². The second kappa shape index (κ2) is 12.0. The average Bonchev–Trinajstić information content (AvgIpc) is 2.63. The Balaban J connectivity index is 0.00000338. The molecule has 1 saturated heterocycles. The third kappa shape index (κ3) is 6.66. The molecule has 0 aromatic heterocycles. The first-order valence-electron chi connectivity index (χ1n) is 8.96. The summed E-state index contributed by atoms with van der Waals surface area (Å²) in [6, 6.07) is 7.99. The summed E-state index contributed by atoms with van der Waals surface area (Å²) in [5.74, 6) is 1.71. The highest BCUT2D eigenvalue weighted by molar-refractivity contribution is 14.0. The van der Waals surface area contributed by atoms with Crippen LogP contribution in [0.1, 0.15) is 25.3 Å². The van der Waals surface area contributed by atoms with E-state index in [4.69, 9.17) is 9.47 Å². The molecule has 1 aliphatic heterocycles. The zero-order valence-electron chi connectivity index (χ0n) is 15.9. The van der Waals surface area contributed by atoms with Crippen molar-refractivity contribution in [2.24, 2.45) is 10.9 Å². The molecule has 0 bridgehead atoms. The maximum Gasteiger partial charge on any atom is 0.309 e. The largest absolute Gasteiger partial charge is 0.491 e. The monoisotopic (exact) mass is 475 g/mol. The molecular weight excluding hydrogens is 445 g/mol. The van der Waals surface area contributed by atoms with Gasteiger partial charge < -0.3 is 19.7 Å². The SMILES string of the molecule is CCOC(=O)C1CCN(C(=NC)NCCOc2ccccc2C)CC1.I. The number of benzene rings is 1. The molecule has 146 valence electrons. The molecule has 1 aromatic rings. The number of nitrogens with one attached hydrogen (secondary N) is 1. The van der Waals surface area contributed by atoms with Crippen molar-refractivity contribution in [3.05, 3.63) is 29.8 Å². The highest BCUT2D eigenvalue weighted by Gasteiger charge is 2.27. The van der Waals surface area contributed by atoms with E-state index in [1.54, 1.807) is 7.05 Å². The number of ether oxygens (including phenoxy) is 2. The first-order chi connectivity index (χ1) is 12.2. The van der Waals surface area contributed by atoms with Gasteiger partial charge in [0, 0.05) is 20.1 Å². The molecule has 1 fully saturated rings. The number of esters is 1. The van der Waals surface area contributed by atoms with E-state index < -0.39 is 0 Å². The van der Waals surface area contributed by atoms with E-state index >= 15 is 0 Å². The number of piperidine rings is 1. The molecule has 6 nitrogen and oxygen atoms in total. The van der Waals surface area contributed by atoms with Crippen molar-refractivity contribution in [1.29, 1.82) is 0 Å². The molecule has 26 heavy (non-hydrogen) atoms. The van der Waals surface area contributed by atoms with Crippen LogP contribution < -0.4 is 10.1 Å². The van der Waals surface area contributed by atoms with Gasteiger partial charge in [-0.2, -0.15) is 0 Å². The van der Waals surface area contributed by atoms with E-state index in [9.17, 15) is 4.79 Å². The summed E-state index contributed by atoms with van der Waals surface area (Å²) < 4.78 is 10.9. The number of aryl methyl sites for hydroxylation is 1. The van der Waals surface area contributed by atoms with E-state index in [1.807, 2.05) is 38.1 Å². The zero-order valence-corrected chi connectivity index (χ0v) is 18.2. The number of hydrogen-bond donors (Lipinski definition) is 1. The molecule has 2 rings (SSSR count). The lowest BCUT2D eigenvalue weighted by Gasteiger charge is -2.33. The standard InChI is InChI=1S/C19H29N3O3.HI/c1-4-24-18(23)16-9-12-22(13-10-16)19(20-3)21-11-14-25-17-8-6-5-7-15(17)2;/h5-8,16H,4,9-14H2,1-3H3,(H,20,21);1H. The smallest absolute Gasteiger partial charge is 0.309 e. The Kier molecular flexibility index (Phi) is 10.4. The van der Waals surface area contributed by atoms with Crippen LogP contribution in [0.25, 0.3) is 0 Å². The Labute approximate surface area is 173 Å². The maximum atomic E-state index is 11.8. The lowest BCUT2D eigenvalue weighted by molar-refractivity contribution is -0.149. The normalized spacial score (nSPS) is 15.2. The number of rotatable bonds is 6. The fraction of sp³-hybridized carbons (Fsp3) is 0.579. The maximum absolute atomic E-state index is 11.8. The predicted molar refractivity (Wildman–Crippen MR) is 114 cm³/mol. The molecule has 1 aliphatic rings. The number of halogens is 1. The van der Waals surface area contributed by atoms with Crippen molar-refractivity contribution >= 4 is 35.9 Å². The van der Waals surface area contributed by atoms with Gasteiger partial charge in [-0.3, -0.25) is 9.79 Å².